The molecule has 0 saturated carbocycles. The molecule has 0 bridgehead atoms. The third-order valence-corrected chi connectivity index (χ3v) is 8.37. The molecule has 2 fully saturated rings. The number of hydrogen-bond acceptors (Lipinski definition) is 6. The number of sulfonamides is 1. The Balaban J connectivity index is 1.31. The summed E-state index contributed by atoms with van der Waals surface area (Å²) in [5.74, 6) is -2.60. The molecule has 2 saturated heterocycles. The summed E-state index contributed by atoms with van der Waals surface area (Å²) in [5.41, 5.74) is 0.605. The normalized spacial score (nSPS) is 20.8. The molecule has 2 aromatic carbocycles. The van der Waals surface area contributed by atoms with Crippen LogP contribution in [0.2, 0.25) is 0 Å². The Kier molecular flexibility index (Phi) is 8.14. The molecule has 2 aliphatic rings. The largest absolute Gasteiger partial charge is 0.497 e. The lowest BCUT2D eigenvalue weighted by Crippen LogP contribution is -2.42. The van der Waals surface area contributed by atoms with Crippen LogP contribution in [0.3, 0.4) is 0 Å². The predicted molar refractivity (Wildman–Crippen MR) is 123 cm³/mol. The number of fused-ring (bicyclic) bond motifs is 1. The maximum Gasteiger partial charge on any atom is 0.427 e. The first-order valence-corrected chi connectivity index (χ1v) is 13.0. The van der Waals surface area contributed by atoms with Crippen molar-refractivity contribution in [3.63, 3.8) is 0 Å². The van der Waals surface area contributed by atoms with Gasteiger partial charge in [-0.15, -0.1) is 0 Å². The minimum atomic E-state index is -4.86. The fourth-order valence-corrected chi connectivity index (χ4v) is 6.04. The molecule has 0 spiro atoms. The van der Waals surface area contributed by atoms with Crippen LogP contribution in [0.1, 0.15) is 5.56 Å². The van der Waals surface area contributed by atoms with Crippen LogP contribution >= 0.6 is 0 Å². The van der Waals surface area contributed by atoms with E-state index < -0.39 is 51.5 Å². The van der Waals surface area contributed by atoms with Crippen molar-refractivity contribution in [2.24, 2.45) is 11.8 Å². The van der Waals surface area contributed by atoms with Crippen LogP contribution in [0.15, 0.2) is 47.4 Å². The van der Waals surface area contributed by atoms with Crippen molar-refractivity contribution in [3.05, 3.63) is 59.7 Å². The summed E-state index contributed by atoms with van der Waals surface area (Å²) < 4.78 is 109. The number of alkyl halides is 3. The van der Waals surface area contributed by atoms with Crippen LogP contribution in [-0.4, -0.2) is 75.9 Å². The number of halogens is 5. The van der Waals surface area contributed by atoms with Gasteiger partial charge in [-0.3, -0.25) is 0 Å². The molecular weight excluding hydrogens is 539 g/mol. The van der Waals surface area contributed by atoms with E-state index in [2.05, 4.69) is 0 Å². The molecule has 0 aliphatic carbocycles. The Morgan fingerprint density at radius 3 is 2.18 bits per heavy atom. The second-order valence-corrected chi connectivity index (χ2v) is 11.0. The lowest BCUT2D eigenvalue weighted by atomic mass is 10.0. The second-order valence-electron chi connectivity index (χ2n) is 9.10. The first kappa shape index (κ1) is 28.0. The number of hydrogen-bond donors (Lipinski definition) is 0. The zero-order chi connectivity index (χ0) is 27.7. The Morgan fingerprint density at radius 1 is 1.00 bits per heavy atom. The number of carbonyl (C=O) groups is 1. The molecule has 14 heteroatoms. The van der Waals surface area contributed by atoms with Crippen LogP contribution in [0.4, 0.5) is 26.7 Å². The van der Waals surface area contributed by atoms with Crippen molar-refractivity contribution in [3.8, 4) is 5.75 Å². The van der Waals surface area contributed by atoms with Crippen LogP contribution in [-0.2, 0) is 26.1 Å². The number of ether oxygens (including phenoxy) is 3. The smallest absolute Gasteiger partial charge is 0.427 e. The van der Waals surface area contributed by atoms with Gasteiger partial charge < -0.3 is 19.1 Å². The average molecular weight is 565 g/mol. The number of nitrogens with zero attached hydrogens (tertiary/aromatic N) is 2. The molecule has 0 radical (unpaired) electrons. The van der Waals surface area contributed by atoms with E-state index in [0.29, 0.717) is 23.4 Å². The molecular formula is C24H25F5N2O6S. The Bertz CT molecular complexity index is 1240. The van der Waals surface area contributed by atoms with Crippen LogP contribution in [0.5, 0.6) is 5.75 Å². The van der Waals surface area contributed by atoms with Crippen molar-refractivity contribution in [1.29, 1.82) is 0 Å². The quantitative estimate of drug-likeness (QED) is 0.454. The molecule has 8 nitrogen and oxygen atoms in total. The highest BCUT2D eigenvalue weighted by Gasteiger charge is 2.48. The maximum atomic E-state index is 13.5. The maximum absolute atomic E-state index is 13.5. The number of likely N-dealkylation sites (tertiary alicyclic amines) is 1. The van der Waals surface area contributed by atoms with E-state index in [0.717, 1.165) is 15.3 Å². The molecule has 1 amide bonds. The molecule has 0 unspecified atom stereocenters. The average Bonchev–Trinajstić information content (AvgIpc) is 3.45. The van der Waals surface area contributed by atoms with Gasteiger partial charge in [0, 0.05) is 26.2 Å². The Morgan fingerprint density at radius 2 is 1.63 bits per heavy atom. The molecule has 3 atom stereocenters. The van der Waals surface area contributed by atoms with Crippen molar-refractivity contribution in [2.75, 3.05) is 39.9 Å². The minimum absolute atomic E-state index is 0.00934. The van der Waals surface area contributed by atoms with Crippen LogP contribution < -0.4 is 4.74 Å². The van der Waals surface area contributed by atoms with Crippen molar-refractivity contribution in [2.45, 2.75) is 23.8 Å². The highest BCUT2D eigenvalue weighted by Crippen LogP contribution is 2.35. The topological polar surface area (TPSA) is 85.4 Å². The van der Waals surface area contributed by atoms with Gasteiger partial charge in [-0.2, -0.15) is 17.5 Å². The number of methoxy groups -OCH3 is 1. The number of benzene rings is 2. The standard InChI is InChI=1S/C24H25F5N2O6S/c1-35-18-4-2-15(3-5-18)13-36-14-22(24(27,28)29)37-23(32)30-9-16-11-31(12-17(16)10-30)38(33,34)19-6-7-20(25)21(26)8-19/h2-8,16-17,22H,9-14H2,1H3/t16-,17+,22-/m1/s1. The zero-order valence-electron chi connectivity index (χ0n) is 20.2. The third kappa shape index (κ3) is 6.18. The molecule has 38 heavy (non-hydrogen) atoms. The first-order chi connectivity index (χ1) is 17.9. The Hall–Kier alpha value is -2.97. The monoisotopic (exact) mass is 564 g/mol. The summed E-state index contributed by atoms with van der Waals surface area (Å²) in [5, 5.41) is 0. The number of amides is 1. The van der Waals surface area contributed by atoms with E-state index in [-0.39, 0.29) is 44.6 Å². The molecule has 4 rings (SSSR count). The van der Waals surface area contributed by atoms with Crippen LogP contribution in [0.25, 0.3) is 0 Å². The van der Waals surface area contributed by atoms with Gasteiger partial charge in [0.2, 0.25) is 16.1 Å². The van der Waals surface area contributed by atoms with Crippen LogP contribution in [0, 0.1) is 23.5 Å². The summed E-state index contributed by atoms with van der Waals surface area (Å²) in [6.45, 7) is -1.10. The second kappa shape index (κ2) is 11.0. The highest BCUT2D eigenvalue weighted by molar-refractivity contribution is 7.89. The molecule has 0 aromatic heterocycles. The molecule has 2 heterocycles. The fraction of sp³-hybridized carbons (Fsp3) is 0.458. The summed E-state index contributed by atoms with van der Waals surface area (Å²) in [6, 6.07) is 8.80. The van der Waals surface area contributed by atoms with Gasteiger partial charge in [0.05, 0.1) is 25.2 Å². The lowest BCUT2D eigenvalue weighted by Gasteiger charge is -2.25. The van der Waals surface area contributed by atoms with E-state index in [1.165, 1.54) is 7.11 Å². The van der Waals surface area contributed by atoms with E-state index in [4.69, 9.17) is 14.2 Å². The molecule has 2 aliphatic heterocycles. The number of carbonyl (C=O) groups excluding carboxylic acids is 1. The van der Waals surface area contributed by atoms with Gasteiger partial charge in [0.25, 0.3) is 0 Å². The van der Waals surface area contributed by atoms with Crippen molar-refractivity contribution in [1.82, 2.24) is 9.21 Å². The van der Waals surface area contributed by atoms with Gasteiger partial charge in [-0.05, 0) is 47.7 Å². The van der Waals surface area contributed by atoms with Crippen molar-refractivity contribution < 1.29 is 49.4 Å². The van der Waals surface area contributed by atoms with Gasteiger partial charge in [-0.25, -0.2) is 22.0 Å². The van der Waals surface area contributed by atoms with Crippen molar-refractivity contribution >= 4 is 16.1 Å². The third-order valence-electron chi connectivity index (χ3n) is 6.54. The SMILES string of the molecule is COc1ccc(COC[C@@H](OC(=O)N2C[C@@H]3CN(S(=O)(=O)c4ccc(F)c(F)c4)C[C@@H]3C2)C(F)(F)F)cc1. The zero-order valence-corrected chi connectivity index (χ0v) is 21.0. The summed E-state index contributed by atoms with van der Waals surface area (Å²) in [6.07, 6.45) is -8.52. The van der Waals surface area contributed by atoms with Gasteiger partial charge in [0.1, 0.15) is 5.75 Å². The van der Waals surface area contributed by atoms with E-state index in [9.17, 15) is 35.2 Å². The van der Waals surface area contributed by atoms with Gasteiger partial charge >= 0.3 is 12.3 Å². The predicted octanol–water partition coefficient (Wildman–Crippen LogP) is 3.81. The van der Waals surface area contributed by atoms with Gasteiger partial charge in [-0.1, -0.05) is 12.1 Å². The summed E-state index contributed by atoms with van der Waals surface area (Å²) in [7, 11) is -2.63. The lowest BCUT2D eigenvalue weighted by molar-refractivity contribution is -0.219. The summed E-state index contributed by atoms with van der Waals surface area (Å²) >= 11 is 0. The number of rotatable bonds is 8. The van der Waals surface area contributed by atoms with E-state index >= 15 is 0 Å². The molecule has 0 N–H and O–H groups in total. The highest BCUT2D eigenvalue weighted by atomic mass is 32.2. The minimum Gasteiger partial charge on any atom is -0.497 e. The fourth-order valence-electron chi connectivity index (χ4n) is 4.48. The van der Waals surface area contributed by atoms with E-state index in [1.807, 2.05) is 0 Å². The first-order valence-electron chi connectivity index (χ1n) is 11.6. The Labute approximate surface area is 215 Å². The van der Waals surface area contributed by atoms with E-state index in [1.54, 1.807) is 24.3 Å². The van der Waals surface area contributed by atoms with Gasteiger partial charge in [0.15, 0.2) is 11.6 Å². The summed E-state index contributed by atoms with van der Waals surface area (Å²) in [4.78, 5) is 13.2. The molecule has 2 aromatic rings. The molecule has 208 valence electrons.